The number of hydrogen-bond donors (Lipinski definition) is 1. The molecule has 2 nitrogen and oxygen atoms in total. The number of carbonyl (C=O) groups is 1. The molecule has 0 spiro atoms. The first kappa shape index (κ1) is 14.6. The maximum absolute atomic E-state index is 12.3. The van der Waals surface area contributed by atoms with Gasteiger partial charge in [-0.2, -0.15) is 0 Å². The van der Waals surface area contributed by atoms with E-state index in [2.05, 4.69) is 25.2 Å². The van der Waals surface area contributed by atoms with E-state index in [4.69, 9.17) is 0 Å². The Kier molecular flexibility index (Phi) is 5.16. The van der Waals surface area contributed by atoms with Gasteiger partial charge in [0.05, 0.1) is 0 Å². The van der Waals surface area contributed by atoms with Crippen LogP contribution in [0.4, 0.5) is 0 Å². The Hall–Kier alpha value is -1.83. The van der Waals surface area contributed by atoms with Gasteiger partial charge in [0.25, 0.3) is 5.91 Å². The van der Waals surface area contributed by atoms with Crippen LogP contribution in [0.2, 0.25) is 0 Å². The molecule has 1 N–H and O–H groups in total. The molecule has 1 amide bonds. The number of rotatable bonds is 6. The highest BCUT2D eigenvalue weighted by molar-refractivity contribution is 5.98. The quantitative estimate of drug-likeness (QED) is 0.819. The third-order valence-electron chi connectivity index (χ3n) is 3.62. The van der Waals surface area contributed by atoms with Gasteiger partial charge in [-0.1, -0.05) is 57.0 Å². The maximum Gasteiger partial charge on any atom is 0.251 e. The lowest BCUT2D eigenvalue weighted by atomic mass is 10.0. The Morgan fingerprint density at radius 3 is 2.30 bits per heavy atom. The molecule has 0 saturated heterocycles. The second-order valence-electron chi connectivity index (χ2n) is 5.31. The molecule has 0 radical (unpaired) electrons. The van der Waals surface area contributed by atoms with Crippen LogP contribution >= 0.6 is 0 Å². The van der Waals surface area contributed by atoms with Crippen molar-refractivity contribution in [2.75, 3.05) is 0 Å². The van der Waals surface area contributed by atoms with Gasteiger partial charge in [-0.05, 0) is 35.7 Å². The second-order valence-corrected chi connectivity index (χ2v) is 5.31. The third-order valence-corrected chi connectivity index (χ3v) is 3.62. The molecule has 0 atom stereocenters. The molecule has 0 aliphatic rings. The molecule has 2 aromatic rings. The highest BCUT2D eigenvalue weighted by Crippen LogP contribution is 2.16. The molecule has 0 saturated carbocycles. The van der Waals surface area contributed by atoms with Crippen LogP contribution in [0.15, 0.2) is 42.5 Å². The Balaban J connectivity index is 2.13. The fourth-order valence-electron chi connectivity index (χ4n) is 2.58. The number of benzene rings is 2. The number of hydrogen-bond acceptors (Lipinski definition) is 1. The van der Waals surface area contributed by atoms with Crippen LogP contribution in [-0.2, 0) is 0 Å². The second kappa shape index (κ2) is 7.09. The van der Waals surface area contributed by atoms with Gasteiger partial charge in [0.1, 0.15) is 0 Å². The van der Waals surface area contributed by atoms with Crippen LogP contribution in [-0.4, -0.2) is 11.9 Å². The fourth-order valence-corrected chi connectivity index (χ4v) is 2.58. The summed E-state index contributed by atoms with van der Waals surface area (Å²) in [6.45, 7) is 4.32. The van der Waals surface area contributed by atoms with Crippen LogP contribution < -0.4 is 5.32 Å². The Morgan fingerprint density at radius 2 is 1.65 bits per heavy atom. The topological polar surface area (TPSA) is 29.1 Å². The van der Waals surface area contributed by atoms with Crippen molar-refractivity contribution >= 4 is 16.7 Å². The van der Waals surface area contributed by atoms with E-state index >= 15 is 0 Å². The Labute approximate surface area is 121 Å². The minimum atomic E-state index is 0.0441. The van der Waals surface area contributed by atoms with Gasteiger partial charge in [-0.15, -0.1) is 0 Å². The summed E-state index contributed by atoms with van der Waals surface area (Å²) in [4.78, 5) is 12.3. The van der Waals surface area contributed by atoms with Crippen molar-refractivity contribution in [1.29, 1.82) is 0 Å². The molecule has 2 rings (SSSR count). The molecule has 2 aromatic carbocycles. The third kappa shape index (κ3) is 3.60. The average molecular weight is 269 g/mol. The summed E-state index contributed by atoms with van der Waals surface area (Å²) in [5.74, 6) is 0.0441. The van der Waals surface area contributed by atoms with E-state index in [1.54, 1.807) is 0 Å². The van der Waals surface area contributed by atoms with Crippen molar-refractivity contribution in [3.05, 3.63) is 48.0 Å². The highest BCUT2D eigenvalue weighted by atomic mass is 16.1. The summed E-state index contributed by atoms with van der Waals surface area (Å²) in [6.07, 6.45) is 4.30. The van der Waals surface area contributed by atoms with Crippen molar-refractivity contribution in [2.45, 2.75) is 45.6 Å². The summed E-state index contributed by atoms with van der Waals surface area (Å²) in [6, 6.07) is 14.3. The molecule has 0 fully saturated rings. The number of nitrogens with one attached hydrogen (secondary N) is 1. The first-order valence-electron chi connectivity index (χ1n) is 7.54. The first-order chi connectivity index (χ1) is 9.74. The summed E-state index contributed by atoms with van der Waals surface area (Å²) in [5, 5.41) is 5.44. The van der Waals surface area contributed by atoms with Gasteiger partial charge >= 0.3 is 0 Å². The molecule has 0 bridgehead atoms. The van der Waals surface area contributed by atoms with Crippen molar-refractivity contribution < 1.29 is 4.79 Å². The predicted molar refractivity (Wildman–Crippen MR) is 85.0 cm³/mol. The van der Waals surface area contributed by atoms with Gasteiger partial charge in [0.15, 0.2) is 0 Å². The van der Waals surface area contributed by atoms with E-state index in [9.17, 15) is 4.79 Å². The lowest BCUT2D eigenvalue weighted by Gasteiger charge is -2.17. The van der Waals surface area contributed by atoms with E-state index in [1.807, 2.05) is 36.4 Å². The van der Waals surface area contributed by atoms with Crippen LogP contribution in [0, 0.1) is 0 Å². The van der Waals surface area contributed by atoms with E-state index in [0.29, 0.717) is 6.04 Å². The van der Waals surface area contributed by atoms with Crippen LogP contribution in [0.1, 0.15) is 49.9 Å². The van der Waals surface area contributed by atoms with Crippen molar-refractivity contribution in [2.24, 2.45) is 0 Å². The van der Waals surface area contributed by atoms with Crippen molar-refractivity contribution in [3.8, 4) is 0 Å². The van der Waals surface area contributed by atoms with Crippen LogP contribution in [0.25, 0.3) is 10.8 Å². The summed E-state index contributed by atoms with van der Waals surface area (Å²) in [7, 11) is 0. The minimum absolute atomic E-state index is 0.0441. The normalized spacial score (nSPS) is 10.9. The van der Waals surface area contributed by atoms with E-state index in [0.717, 1.165) is 36.6 Å². The zero-order valence-electron chi connectivity index (χ0n) is 12.4. The van der Waals surface area contributed by atoms with Crippen molar-refractivity contribution in [3.63, 3.8) is 0 Å². The van der Waals surface area contributed by atoms with Gasteiger partial charge in [0, 0.05) is 11.6 Å². The van der Waals surface area contributed by atoms with E-state index in [1.165, 1.54) is 5.39 Å². The number of fused-ring (bicyclic) bond motifs is 1. The summed E-state index contributed by atoms with van der Waals surface area (Å²) in [5.41, 5.74) is 0.751. The van der Waals surface area contributed by atoms with Crippen LogP contribution in [0.5, 0.6) is 0 Å². The van der Waals surface area contributed by atoms with Gasteiger partial charge in [-0.25, -0.2) is 0 Å². The number of amides is 1. The standard InChI is InChI=1S/C18H23NO/c1-3-7-17(8-4-2)19-18(20)16-12-11-14-9-5-6-10-15(14)13-16/h5-6,9-13,17H,3-4,7-8H2,1-2H3,(H,19,20). The minimum Gasteiger partial charge on any atom is -0.349 e. The van der Waals surface area contributed by atoms with E-state index in [-0.39, 0.29) is 5.91 Å². The largest absolute Gasteiger partial charge is 0.349 e. The van der Waals surface area contributed by atoms with Gasteiger partial charge in [0.2, 0.25) is 0 Å². The summed E-state index contributed by atoms with van der Waals surface area (Å²) < 4.78 is 0. The van der Waals surface area contributed by atoms with Gasteiger partial charge in [-0.3, -0.25) is 4.79 Å². The lowest BCUT2D eigenvalue weighted by molar-refractivity contribution is 0.0932. The molecular weight excluding hydrogens is 246 g/mol. The van der Waals surface area contributed by atoms with Crippen LogP contribution in [0.3, 0.4) is 0 Å². The summed E-state index contributed by atoms with van der Waals surface area (Å²) >= 11 is 0. The lowest BCUT2D eigenvalue weighted by Crippen LogP contribution is -2.34. The monoisotopic (exact) mass is 269 g/mol. The van der Waals surface area contributed by atoms with E-state index < -0.39 is 0 Å². The zero-order chi connectivity index (χ0) is 14.4. The molecule has 0 aromatic heterocycles. The smallest absolute Gasteiger partial charge is 0.251 e. The molecular formula is C18H23NO. The number of carbonyl (C=O) groups excluding carboxylic acids is 1. The molecule has 106 valence electrons. The molecule has 20 heavy (non-hydrogen) atoms. The Bertz CT molecular complexity index is 570. The molecule has 0 aliphatic carbocycles. The highest BCUT2D eigenvalue weighted by Gasteiger charge is 2.12. The zero-order valence-corrected chi connectivity index (χ0v) is 12.4. The Morgan fingerprint density at radius 1 is 1.00 bits per heavy atom. The SMILES string of the molecule is CCCC(CCC)NC(=O)c1ccc2ccccc2c1. The fraction of sp³-hybridized carbons (Fsp3) is 0.389. The molecule has 0 aliphatic heterocycles. The van der Waals surface area contributed by atoms with Gasteiger partial charge < -0.3 is 5.32 Å². The maximum atomic E-state index is 12.3. The predicted octanol–water partition coefficient (Wildman–Crippen LogP) is 4.54. The average Bonchev–Trinajstić information content (AvgIpc) is 2.47. The first-order valence-corrected chi connectivity index (χ1v) is 7.54. The molecule has 2 heteroatoms. The molecule has 0 unspecified atom stereocenters. The van der Waals surface area contributed by atoms with Crippen molar-refractivity contribution in [1.82, 2.24) is 5.32 Å². The molecule has 0 heterocycles.